The standard InChI is InChI=1S/C46H34N2Si/c1-31-19-25-37(26-20-31)49(38-27-21-32(2)22-28-38)43-17-9-8-15-39(43)45-40(16-10-18-44(45)49)46-47-41(34-12-4-3-5-13-34)30-42(48-46)36-24-23-33-11-6-7-14-35(33)29-36/h3-30H,1-2H3. The molecule has 0 saturated carbocycles. The molecule has 1 aliphatic rings. The summed E-state index contributed by atoms with van der Waals surface area (Å²) < 4.78 is 0. The molecule has 0 amide bonds. The fourth-order valence-electron chi connectivity index (χ4n) is 7.73. The number of hydrogen-bond acceptors (Lipinski definition) is 2. The van der Waals surface area contributed by atoms with Crippen molar-refractivity contribution in [2.24, 2.45) is 0 Å². The maximum Gasteiger partial charge on any atom is 0.180 e. The highest BCUT2D eigenvalue weighted by atomic mass is 28.3. The number of aryl methyl sites for hydroxylation is 2. The van der Waals surface area contributed by atoms with Crippen LogP contribution in [-0.2, 0) is 0 Å². The maximum absolute atomic E-state index is 5.38. The fraction of sp³-hybridized carbons (Fsp3) is 0.0435. The zero-order valence-corrected chi connectivity index (χ0v) is 28.6. The van der Waals surface area contributed by atoms with Crippen LogP contribution in [0.2, 0.25) is 0 Å². The molecule has 0 fully saturated rings. The van der Waals surface area contributed by atoms with Crippen molar-refractivity contribution in [2.75, 3.05) is 0 Å². The lowest BCUT2D eigenvalue weighted by atomic mass is 9.98. The normalized spacial score (nSPS) is 12.9. The maximum atomic E-state index is 5.38. The van der Waals surface area contributed by atoms with E-state index in [1.807, 2.05) is 0 Å². The summed E-state index contributed by atoms with van der Waals surface area (Å²) in [6, 6.07) is 62.1. The van der Waals surface area contributed by atoms with Crippen molar-refractivity contribution in [3.05, 3.63) is 181 Å². The Hall–Kier alpha value is -5.90. The molecule has 1 aliphatic heterocycles. The van der Waals surface area contributed by atoms with Crippen molar-refractivity contribution in [1.82, 2.24) is 9.97 Å². The highest BCUT2D eigenvalue weighted by Crippen LogP contribution is 2.37. The van der Waals surface area contributed by atoms with Crippen LogP contribution in [0.4, 0.5) is 0 Å². The van der Waals surface area contributed by atoms with Crippen molar-refractivity contribution in [1.29, 1.82) is 0 Å². The highest BCUT2D eigenvalue weighted by Gasteiger charge is 2.49. The van der Waals surface area contributed by atoms with Crippen LogP contribution in [0.15, 0.2) is 170 Å². The molecule has 2 heterocycles. The minimum atomic E-state index is -2.68. The summed E-state index contributed by atoms with van der Waals surface area (Å²) in [6.45, 7) is 4.34. The van der Waals surface area contributed by atoms with Gasteiger partial charge in [0, 0.05) is 16.7 Å². The minimum absolute atomic E-state index is 0.744. The predicted molar refractivity (Wildman–Crippen MR) is 208 cm³/mol. The summed E-state index contributed by atoms with van der Waals surface area (Å²) in [6.07, 6.45) is 0. The Balaban J connectivity index is 1.34. The van der Waals surface area contributed by atoms with E-state index in [0.29, 0.717) is 0 Å². The third-order valence-corrected chi connectivity index (χ3v) is 15.0. The Morgan fingerprint density at radius 1 is 0.408 bits per heavy atom. The molecule has 7 aromatic carbocycles. The first-order valence-corrected chi connectivity index (χ1v) is 18.9. The number of fused-ring (bicyclic) bond motifs is 4. The van der Waals surface area contributed by atoms with E-state index in [0.717, 1.165) is 33.9 Å². The summed E-state index contributed by atoms with van der Waals surface area (Å²) in [4.78, 5) is 10.7. The summed E-state index contributed by atoms with van der Waals surface area (Å²) in [7, 11) is -2.68. The SMILES string of the molecule is Cc1ccc([Si]2(c3ccc(C)cc3)c3ccccc3-c3c(-c4nc(-c5ccccc5)cc(-c5ccc6ccccc6c5)n4)cccc32)cc1. The van der Waals surface area contributed by atoms with Crippen LogP contribution in [0.3, 0.4) is 0 Å². The first-order chi connectivity index (χ1) is 24.1. The molecule has 2 nitrogen and oxygen atoms in total. The topological polar surface area (TPSA) is 25.8 Å². The van der Waals surface area contributed by atoms with Gasteiger partial charge in [-0.2, -0.15) is 0 Å². The van der Waals surface area contributed by atoms with Gasteiger partial charge in [0.15, 0.2) is 13.9 Å². The largest absolute Gasteiger partial charge is 0.228 e. The second-order valence-corrected chi connectivity index (χ2v) is 16.9. The molecule has 0 spiro atoms. The van der Waals surface area contributed by atoms with Crippen molar-refractivity contribution < 1.29 is 0 Å². The second-order valence-electron chi connectivity index (χ2n) is 13.1. The quantitative estimate of drug-likeness (QED) is 0.176. The fourth-order valence-corrected chi connectivity index (χ4v) is 12.9. The third-order valence-electron chi connectivity index (χ3n) is 10.1. The average Bonchev–Trinajstić information content (AvgIpc) is 3.46. The van der Waals surface area contributed by atoms with Gasteiger partial charge in [-0.15, -0.1) is 0 Å². The number of hydrogen-bond donors (Lipinski definition) is 0. The number of nitrogens with zero attached hydrogens (tertiary/aromatic N) is 2. The van der Waals surface area contributed by atoms with Crippen LogP contribution in [0.25, 0.3) is 55.8 Å². The van der Waals surface area contributed by atoms with Crippen molar-refractivity contribution in [3.63, 3.8) is 0 Å². The Kier molecular flexibility index (Phi) is 6.96. The summed E-state index contributed by atoms with van der Waals surface area (Å²) in [5, 5.41) is 8.00. The van der Waals surface area contributed by atoms with Gasteiger partial charge in [-0.1, -0.05) is 169 Å². The van der Waals surface area contributed by atoms with Crippen molar-refractivity contribution in [2.45, 2.75) is 13.8 Å². The van der Waals surface area contributed by atoms with Gasteiger partial charge in [0.1, 0.15) is 0 Å². The molecule has 1 aromatic heterocycles. The molecule has 3 heteroatoms. The van der Waals surface area contributed by atoms with Crippen molar-refractivity contribution >= 4 is 39.6 Å². The van der Waals surface area contributed by atoms with Gasteiger partial charge in [-0.05, 0) is 68.6 Å². The first kappa shape index (κ1) is 29.3. The van der Waals surface area contributed by atoms with E-state index in [1.165, 1.54) is 53.8 Å². The first-order valence-electron chi connectivity index (χ1n) is 16.9. The molecule has 0 radical (unpaired) electrons. The van der Waals surface area contributed by atoms with Gasteiger partial charge in [0.2, 0.25) is 0 Å². The zero-order chi connectivity index (χ0) is 33.0. The third kappa shape index (κ3) is 4.77. The molecule has 9 rings (SSSR count). The van der Waals surface area contributed by atoms with Gasteiger partial charge in [0.05, 0.1) is 11.4 Å². The Labute approximate surface area is 288 Å². The molecule has 232 valence electrons. The molecule has 0 bridgehead atoms. The molecular weight excluding hydrogens is 609 g/mol. The minimum Gasteiger partial charge on any atom is -0.228 e. The van der Waals surface area contributed by atoms with E-state index >= 15 is 0 Å². The number of rotatable bonds is 5. The summed E-state index contributed by atoms with van der Waals surface area (Å²) in [5.74, 6) is 0.744. The molecule has 0 atom stereocenters. The summed E-state index contributed by atoms with van der Waals surface area (Å²) >= 11 is 0. The highest BCUT2D eigenvalue weighted by molar-refractivity contribution is 7.22. The lowest BCUT2D eigenvalue weighted by molar-refractivity contribution is 1.18. The van der Waals surface area contributed by atoms with E-state index < -0.39 is 8.07 Å². The molecule has 49 heavy (non-hydrogen) atoms. The monoisotopic (exact) mass is 642 g/mol. The zero-order valence-electron chi connectivity index (χ0n) is 27.6. The van der Waals surface area contributed by atoms with E-state index in [4.69, 9.17) is 9.97 Å². The Bertz CT molecular complexity index is 2460. The average molecular weight is 643 g/mol. The lowest BCUT2D eigenvalue weighted by Crippen LogP contribution is -2.72. The molecule has 0 saturated heterocycles. The molecule has 0 N–H and O–H groups in total. The van der Waals surface area contributed by atoms with E-state index in [1.54, 1.807) is 0 Å². The number of benzene rings is 7. The van der Waals surface area contributed by atoms with Crippen LogP contribution in [0.5, 0.6) is 0 Å². The van der Waals surface area contributed by atoms with E-state index in [2.05, 4.69) is 184 Å². The molecule has 8 aromatic rings. The molecule has 0 unspecified atom stereocenters. The Morgan fingerprint density at radius 3 is 1.69 bits per heavy atom. The van der Waals surface area contributed by atoms with Gasteiger partial charge >= 0.3 is 0 Å². The van der Waals surface area contributed by atoms with E-state index in [9.17, 15) is 0 Å². The number of aromatic nitrogens is 2. The van der Waals surface area contributed by atoms with Crippen molar-refractivity contribution in [3.8, 4) is 45.0 Å². The second kappa shape index (κ2) is 11.7. The smallest absolute Gasteiger partial charge is 0.180 e. The van der Waals surface area contributed by atoms with Gasteiger partial charge in [-0.3, -0.25) is 0 Å². The summed E-state index contributed by atoms with van der Waals surface area (Å²) in [5.41, 5.74) is 10.1. The lowest BCUT2D eigenvalue weighted by Gasteiger charge is -2.31. The molecule has 0 aliphatic carbocycles. The Morgan fingerprint density at radius 2 is 0.980 bits per heavy atom. The molecular formula is C46H34N2Si. The van der Waals surface area contributed by atoms with Crippen LogP contribution in [-0.4, -0.2) is 18.0 Å². The van der Waals surface area contributed by atoms with Gasteiger partial charge in [0.25, 0.3) is 0 Å². The van der Waals surface area contributed by atoms with Crippen LogP contribution < -0.4 is 20.7 Å². The van der Waals surface area contributed by atoms with Crippen LogP contribution >= 0.6 is 0 Å². The van der Waals surface area contributed by atoms with Crippen LogP contribution in [0.1, 0.15) is 11.1 Å². The predicted octanol–water partition coefficient (Wildman–Crippen LogP) is 8.61. The van der Waals surface area contributed by atoms with Gasteiger partial charge in [-0.25, -0.2) is 9.97 Å². The van der Waals surface area contributed by atoms with E-state index in [-0.39, 0.29) is 0 Å². The van der Waals surface area contributed by atoms with Gasteiger partial charge < -0.3 is 0 Å². The van der Waals surface area contributed by atoms with Crippen LogP contribution in [0, 0.1) is 13.8 Å².